The van der Waals surface area contributed by atoms with E-state index in [1.165, 1.54) is 0 Å². The number of piperidine rings is 1. The number of nitrogens with one attached hydrogen (secondary N) is 1. The molecule has 1 amide bonds. The molecule has 39 heavy (non-hydrogen) atoms. The van der Waals surface area contributed by atoms with Crippen molar-refractivity contribution in [3.63, 3.8) is 0 Å². The zero-order valence-electron chi connectivity index (χ0n) is 21.3. The van der Waals surface area contributed by atoms with Gasteiger partial charge in [-0.3, -0.25) is 4.79 Å². The van der Waals surface area contributed by atoms with Gasteiger partial charge in [-0.25, -0.2) is 9.78 Å². The van der Waals surface area contributed by atoms with Crippen molar-refractivity contribution < 1.29 is 24.2 Å². The Morgan fingerprint density at radius 1 is 0.846 bits per heavy atom. The minimum absolute atomic E-state index is 0.219. The lowest BCUT2D eigenvalue weighted by atomic mass is 9.98. The van der Waals surface area contributed by atoms with Gasteiger partial charge in [0, 0.05) is 31.0 Å². The first kappa shape index (κ1) is 25.8. The largest absolute Gasteiger partial charge is 0.493 e. The maximum absolute atomic E-state index is 12.8. The maximum atomic E-state index is 12.8. The van der Waals surface area contributed by atoms with Gasteiger partial charge in [0.15, 0.2) is 0 Å². The minimum atomic E-state index is -0.965. The van der Waals surface area contributed by atoms with Crippen molar-refractivity contribution in [1.29, 1.82) is 0 Å². The third-order valence-electron chi connectivity index (χ3n) is 6.59. The molecule has 0 spiro atoms. The summed E-state index contributed by atoms with van der Waals surface area (Å²) in [6, 6.07) is 27.0. The molecule has 8 nitrogen and oxygen atoms in total. The maximum Gasteiger partial charge on any atom is 0.335 e. The number of amides is 1. The van der Waals surface area contributed by atoms with Gasteiger partial charge in [0.25, 0.3) is 5.91 Å². The Labute approximate surface area is 226 Å². The van der Waals surface area contributed by atoms with Crippen molar-refractivity contribution in [2.45, 2.75) is 12.8 Å². The smallest absolute Gasteiger partial charge is 0.335 e. The number of anilines is 2. The number of hydrogen-bond acceptors (Lipinski definition) is 6. The van der Waals surface area contributed by atoms with Gasteiger partial charge in [-0.2, -0.15) is 0 Å². The van der Waals surface area contributed by atoms with E-state index in [1.807, 2.05) is 54.6 Å². The SMILES string of the molecule is O=C(O)c1cccc(OCC2CCN(c3ccc(C(=O)Nc4cccc(Oc5ccccc5)c4)cn3)CC2)c1. The molecule has 8 heteroatoms. The lowest BCUT2D eigenvalue weighted by Gasteiger charge is -2.32. The third kappa shape index (κ3) is 6.93. The Morgan fingerprint density at radius 3 is 2.33 bits per heavy atom. The standard InChI is InChI=1S/C31H29N3O5/c35-30(33-25-7-5-11-28(19-25)39-26-8-2-1-3-9-26)24-12-13-29(32-20-24)34-16-14-22(15-17-34)21-38-27-10-4-6-23(18-27)31(36)37/h1-13,18-20,22H,14-17,21H2,(H,33,35)(H,36,37). The van der Waals surface area contributed by atoms with Crippen LogP contribution < -0.4 is 19.7 Å². The highest BCUT2D eigenvalue weighted by Gasteiger charge is 2.21. The van der Waals surface area contributed by atoms with Crippen molar-refractivity contribution in [3.05, 3.63) is 108 Å². The van der Waals surface area contributed by atoms with E-state index in [0.717, 1.165) is 37.5 Å². The van der Waals surface area contributed by atoms with Crippen LogP contribution >= 0.6 is 0 Å². The number of carbonyl (C=O) groups excluding carboxylic acids is 1. The van der Waals surface area contributed by atoms with Gasteiger partial charge in [-0.15, -0.1) is 0 Å². The molecule has 0 aliphatic carbocycles. The fourth-order valence-corrected chi connectivity index (χ4v) is 4.43. The van der Waals surface area contributed by atoms with E-state index >= 15 is 0 Å². The summed E-state index contributed by atoms with van der Waals surface area (Å²) in [5.74, 6) is 1.93. The van der Waals surface area contributed by atoms with E-state index in [4.69, 9.17) is 14.6 Å². The van der Waals surface area contributed by atoms with Crippen LogP contribution in [0.1, 0.15) is 33.6 Å². The molecule has 198 valence electrons. The molecule has 5 rings (SSSR count). The van der Waals surface area contributed by atoms with Crippen LogP contribution in [0.5, 0.6) is 17.2 Å². The number of aromatic carboxylic acids is 1. The predicted octanol–water partition coefficient (Wildman–Crippen LogP) is 6.12. The van der Waals surface area contributed by atoms with E-state index in [0.29, 0.717) is 35.3 Å². The quantitative estimate of drug-likeness (QED) is 0.273. The summed E-state index contributed by atoms with van der Waals surface area (Å²) < 4.78 is 11.7. The van der Waals surface area contributed by atoms with Crippen LogP contribution in [0.2, 0.25) is 0 Å². The molecule has 0 atom stereocenters. The molecule has 3 aromatic carbocycles. The number of pyridine rings is 1. The Bertz CT molecular complexity index is 1420. The third-order valence-corrected chi connectivity index (χ3v) is 6.59. The molecule has 0 radical (unpaired) electrons. The Kier molecular flexibility index (Phi) is 8.02. The number of benzene rings is 3. The second-order valence-electron chi connectivity index (χ2n) is 9.38. The lowest BCUT2D eigenvalue weighted by molar-refractivity contribution is 0.0696. The van der Waals surface area contributed by atoms with Crippen molar-refractivity contribution in [2.75, 3.05) is 29.9 Å². The van der Waals surface area contributed by atoms with Gasteiger partial charge in [0.1, 0.15) is 23.1 Å². The zero-order valence-corrected chi connectivity index (χ0v) is 21.3. The molecular formula is C31H29N3O5. The average Bonchev–Trinajstić information content (AvgIpc) is 2.97. The van der Waals surface area contributed by atoms with Crippen molar-refractivity contribution >= 4 is 23.4 Å². The first-order valence-corrected chi connectivity index (χ1v) is 12.8. The normalized spacial score (nSPS) is 13.5. The average molecular weight is 524 g/mol. The molecule has 1 aliphatic heterocycles. The summed E-state index contributed by atoms with van der Waals surface area (Å²) >= 11 is 0. The summed E-state index contributed by atoms with van der Waals surface area (Å²) in [5, 5.41) is 12.0. The number of aromatic nitrogens is 1. The summed E-state index contributed by atoms with van der Waals surface area (Å²) in [4.78, 5) is 30.7. The molecule has 1 aromatic heterocycles. The Hall–Kier alpha value is -4.85. The molecule has 1 fully saturated rings. The number of hydrogen-bond donors (Lipinski definition) is 2. The number of ether oxygens (including phenoxy) is 2. The topological polar surface area (TPSA) is 101 Å². The van der Waals surface area contributed by atoms with E-state index in [9.17, 15) is 9.59 Å². The van der Waals surface area contributed by atoms with E-state index < -0.39 is 5.97 Å². The summed E-state index contributed by atoms with van der Waals surface area (Å²) in [7, 11) is 0. The Morgan fingerprint density at radius 2 is 1.59 bits per heavy atom. The van der Waals surface area contributed by atoms with Crippen LogP contribution in [-0.4, -0.2) is 41.7 Å². The lowest BCUT2D eigenvalue weighted by Crippen LogP contribution is -2.36. The molecule has 1 saturated heterocycles. The molecule has 0 unspecified atom stereocenters. The second kappa shape index (κ2) is 12.1. The number of carbonyl (C=O) groups is 2. The van der Waals surface area contributed by atoms with Crippen molar-refractivity contribution in [3.8, 4) is 17.2 Å². The van der Waals surface area contributed by atoms with E-state index in [2.05, 4.69) is 15.2 Å². The highest BCUT2D eigenvalue weighted by Crippen LogP contribution is 2.26. The second-order valence-corrected chi connectivity index (χ2v) is 9.38. The first-order chi connectivity index (χ1) is 19.0. The predicted molar refractivity (Wildman–Crippen MR) is 149 cm³/mol. The van der Waals surface area contributed by atoms with Gasteiger partial charge in [0.2, 0.25) is 0 Å². The van der Waals surface area contributed by atoms with E-state index in [1.54, 1.807) is 42.6 Å². The Balaban J connectivity index is 1.11. The van der Waals surface area contributed by atoms with E-state index in [-0.39, 0.29) is 11.5 Å². The van der Waals surface area contributed by atoms with Gasteiger partial charge in [-0.05, 0) is 73.4 Å². The van der Waals surface area contributed by atoms with Crippen LogP contribution in [0, 0.1) is 5.92 Å². The van der Waals surface area contributed by atoms with Gasteiger partial charge in [-0.1, -0.05) is 30.3 Å². The highest BCUT2D eigenvalue weighted by atomic mass is 16.5. The number of rotatable bonds is 9. The molecule has 1 aliphatic rings. The minimum Gasteiger partial charge on any atom is -0.493 e. The summed E-state index contributed by atoms with van der Waals surface area (Å²) in [6.45, 7) is 2.20. The van der Waals surface area contributed by atoms with Gasteiger partial charge >= 0.3 is 5.97 Å². The molecule has 2 N–H and O–H groups in total. The van der Waals surface area contributed by atoms with Gasteiger partial charge < -0.3 is 24.8 Å². The van der Waals surface area contributed by atoms with Crippen LogP contribution in [0.15, 0.2) is 97.2 Å². The van der Waals surface area contributed by atoms with Crippen molar-refractivity contribution in [1.82, 2.24) is 4.98 Å². The monoisotopic (exact) mass is 523 g/mol. The van der Waals surface area contributed by atoms with Crippen molar-refractivity contribution in [2.24, 2.45) is 5.92 Å². The molecule has 0 bridgehead atoms. The zero-order chi connectivity index (χ0) is 27.0. The van der Waals surface area contributed by atoms with Crippen LogP contribution in [0.4, 0.5) is 11.5 Å². The summed E-state index contributed by atoms with van der Waals surface area (Å²) in [5.41, 5.74) is 1.33. The molecule has 0 saturated carbocycles. The van der Waals surface area contributed by atoms with Crippen LogP contribution in [0.3, 0.4) is 0 Å². The first-order valence-electron chi connectivity index (χ1n) is 12.8. The van der Waals surface area contributed by atoms with Crippen LogP contribution in [0.25, 0.3) is 0 Å². The summed E-state index contributed by atoms with van der Waals surface area (Å²) in [6.07, 6.45) is 3.47. The molecular weight excluding hydrogens is 494 g/mol. The number of nitrogens with zero attached hydrogens (tertiary/aromatic N) is 2. The fourth-order valence-electron chi connectivity index (χ4n) is 4.43. The van der Waals surface area contributed by atoms with Gasteiger partial charge in [0.05, 0.1) is 17.7 Å². The molecule has 2 heterocycles. The number of carboxylic acid groups (broad SMARTS) is 1. The highest BCUT2D eigenvalue weighted by molar-refractivity contribution is 6.04. The fraction of sp³-hybridized carbons (Fsp3) is 0.194. The molecule has 4 aromatic rings. The number of carboxylic acids is 1. The van der Waals surface area contributed by atoms with Crippen LogP contribution in [-0.2, 0) is 0 Å². The number of para-hydroxylation sites is 1.